The number of nitrogens with zero attached hydrogens (tertiary/aromatic N) is 2. The summed E-state index contributed by atoms with van der Waals surface area (Å²) in [6, 6.07) is 3.01. The van der Waals surface area contributed by atoms with Gasteiger partial charge in [-0.2, -0.15) is 0 Å². The number of carbonyl (C=O) groups is 1. The molecule has 9 heteroatoms. The summed E-state index contributed by atoms with van der Waals surface area (Å²) >= 11 is 2.59. The molecule has 0 radical (unpaired) electrons. The molecule has 0 aliphatic carbocycles. The zero-order chi connectivity index (χ0) is 17.7. The predicted octanol–water partition coefficient (Wildman–Crippen LogP) is 4.00. The van der Waals surface area contributed by atoms with Gasteiger partial charge < -0.3 is 10.6 Å². The van der Waals surface area contributed by atoms with Crippen LogP contribution < -0.4 is 10.6 Å². The van der Waals surface area contributed by atoms with Gasteiger partial charge >= 0.3 is 0 Å². The van der Waals surface area contributed by atoms with E-state index >= 15 is 0 Å². The van der Waals surface area contributed by atoms with Crippen molar-refractivity contribution in [3.8, 4) is 0 Å². The lowest BCUT2D eigenvalue weighted by atomic mass is 10.2. The summed E-state index contributed by atoms with van der Waals surface area (Å²) in [7, 11) is 0. The van der Waals surface area contributed by atoms with E-state index in [0.717, 1.165) is 18.7 Å². The van der Waals surface area contributed by atoms with Gasteiger partial charge in [0, 0.05) is 12.6 Å². The molecule has 0 unspecified atom stereocenters. The predicted molar refractivity (Wildman–Crippen MR) is 93.5 cm³/mol. The maximum atomic E-state index is 13.6. The number of hydrogen-bond acceptors (Lipinski definition) is 6. The molecule has 1 aromatic heterocycles. The van der Waals surface area contributed by atoms with Crippen LogP contribution >= 0.6 is 23.1 Å². The van der Waals surface area contributed by atoms with Crippen LogP contribution in [0.15, 0.2) is 22.5 Å². The number of halogens is 2. The highest BCUT2D eigenvalue weighted by molar-refractivity contribution is 8.02. The minimum absolute atomic E-state index is 0.0506. The van der Waals surface area contributed by atoms with E-state index in [1.807, 2.05) is 0 Å². The third kappa shape index (κ3) is 5.41. The number of amides is 1. The minimum Gasteiger partial charge on any atom is -0.360 e. The maximum absolute atomic E-state index is 13.6. The average Bonchev–Trinajstić information content (AvgIpc) is 2.95. The second-order valence-electron chi connectivity index (χ2n) is 5.52. The molecule has 1 heterocycles. The zero-order valence-corrected chi connectivity index (χ0v) is 15.1. The van der Waals surface area contributed by atoms with Gasteiger partial charge in [-0.05, 0) is 25.0 Å². The first-order chi connectivity index (χ1) is 11.3. The van der Waals surface area contributed by atoms with E-state index in [9.17, 15) is 13.6 Å². The van der Waals surface area contributed by atoms with E-state index in [4.69, 9.17) is 0 Å². The van der Waals surface area contributed by atoms with Crippen LogP contribution in [0.2, 0.25) is 0 Å². The molecule has 1 aromatic carbocycles. The number of anilines is 2. The Balaban J connectivity index is 1.91. The first kappa shape index (κ1) is 18.6. The van der Waals surface area contributed by atoms with E-state index in [2.05, 4.69) is 34.7 Å². The fourth-order valence-corrected chi connectivity index (χ4v) is 3.55. The molecule has 1 amide bonds. The van der Waals surface area contributed by atoms with Gasteiger partial charge in [-0.3, -0.25) is 4.79 Å². The molecule has 24 heavy (non-hydrogen) atoms. The van der Waals surface area contributed by atoms with Crippen LogP contribution in [0.3, 0.4) is 0 Å². The van der Waals surface area contributed by atoms with Crippen molar-refractivity contribution in [3.05, 3.63) is 29.8 Å². The number of carbonyl (C=O) groups excluding carboxylic acids is 1. The summed E-state index contributed by atoms with van der Waals surface area (Å²) in [5.74, 6) is -1.41. The summed E-state index contributed by atoms with van der Waals surface area (Å²) in [4.78, 5) is 12.1. The lowest BCUT2D eigenvalue weighted by Crippen LogP contribution is -2.22. The molecule has 5 nitrogen and oxygen atoms in total. The Morgan fingerprint density at radius 3 is 2.71 bits per heavy atom. The van der Waals surface area contributed by atoms with Crippen LogP contribution in [0.5, 0.6) is 0 Å². The van der Waals surface area contributed by atoms with Crippen molar-refractivity contribution in [3.63, 3.8) is 0 Å². The third-order valence-electron chi connectivity index (χ3n) is 2.90. The van der Waals surface area contributed by atoms with E-state index in [1.165, 1.54) is 29.2 Å². The fourth-order valence-electron chi connectivity index (χ4n) is 1.65. The molecule has 2 aromatic rings. The number of rotatable bonds is 7. The van der Waals surface area contributed by atoms with Crippen LogP contribution in [0, 0.1) is 17.6 Å². The Morgan fingerprint density at radius 2 is 2.04 bits per heavy atom. The minimum atomic E-state index is -0.809. The van der Waals surface area contributed by atoms with Crippen molar-refractivity contribution in [1.29, 1.82) is 0 Å². The molecule has 0 aliphatic rings. The highest BCUT2D eigenvalue weighted by Crippen LogP contribution is 2.29. The van der Waals surface area contributed by atoms with E-state index in [0.29, 0.717) is 15.4 Å². The summed E-state index contributed by atoms with van der Waals surface area (Å²) in [5.41, 5.74) is -0.0506. The van der Waals surface area contributed by atoms with Crippen LogP contribution in [-0.2, 0) is 4.79 Å². The molecule has 0 saturated heterocycles. The van der Waals surface area contributed by atoms with Gasteiger partial charge in [-0.15, -0.1) is 10.2 Å². The summed E-state index contributed by atoms with van der Waals surface area (Å²) in [6.45, 7) is 6.65. The molecule has 2 N–H and O–H groups in total. The van der Waals surface area contributed by atoms with Gasteiger partial charge in [0.15, 0.2) is 4.34 Å². The monoisotopic (exact) mass is 372 g/mol. The standard InChI is InChI=1S/C15H18F2N4OS2/c1-8(2)7-18-14-20-21-15(24-14)23-9(3)13(22)19-12-5-4-10(16)6-11(12)17/h4-6,8-9H,7H2,1-3H3,(H,18,20)(H,19,22)/t9-/m0/s1. The Labute approximate surface area is 147 Å². The number of aromatic nitrogens is 2. The van der Waals surface area contributed by atoms with Crippen molar-refractivity contribution >= 4 is 39.8 Å². The first-order valence-electron chi connectivity index (χ1n) is 7.35. The quantitative estimate of drug-likeness (QED) is 0.719. The van der Waals surface area contributed by atoms with E-state index in [-0.39, 0.29) is 5.69 Å². The topological polar surface area (TPSA) is 66.9 Å². The highest BCUT2D eigenvalue weighted by atomic mass is 32.2. The molecule has 130 valence electrons. The van der Waals surface area contributed by atoms with Crippen LogP contribution in [0.1, 0.15) is 20.8 Å². The fraction of sp³-hybridized carbons (Fsp3) is 0.400. The Hall–Kier alpha value is -1.74. The molecule has 0 spiro atoms. The largest absolute Gasteiger partial charge is 0.360 e. The van der Waals surface area contributed by atoms with E-state index in [1.54, 1.807) is 6.92 Å². The molecule has 0 fully saturated rings. The summed E-state index contributed by atoms with van der Waals surface area (Å²) in [5, 5.41) is 13.8. The summed E-state index contributed by atoms with van der Waals surface area (Å²) < 4.78 is 27.1. The smallest absolute Gasteiger partial charge is 0.237 e. The summed E-state index contributed by atoms with van der Waals surface area (Å²) in [6.07, 6.45) is 0. The number of hydrogen-bond donors (Lipinski definition) is 2. The Kier molecular flexibility index (Phi) is 6.50. The van der Waals surface area contributed by atoms with Crippen LogP contribution in [0.4, 0.5) is 19.6 Å². The van der Waals surface area contributed by atoms with Gasteiger partial charge in [0.05, 0.1) is 10.9 Å². The molecular weight excluding hydrogens is 354 g/mol. The van der Waals surface area contributed by atoms with Crippen LogP contribution in [-0.4, -0.2) is 27.9 Å². The van der Waals surface area contributed by atoms with Crippen molar-refractivity contribution in [2.45, 2.75) is 30.4 Å². The third-order valence-corrected chi connectivity index (χ3v) is 4.97. The van der Waals surface area contributed by atoms with Crippen molar-refractivity contribution < 1.29 is 13.6 Å². The average molecular weight is 372 g/mol. The molecule has 0 saturated carbocycles. The van der Waals surface area contributed by atoms with E-state index < -0.39 is 22.8 Å². The molecular formula is C15H18F2N4OS2. The first-order valence-corrected chi connectivity index (χ1v) is 9.04. The highest BCUT2D eigenvalue weighted by Gasteiger charge is 2.18. The lowest BCUT2D eigenvalue weighted by Gasteiger charge is -2.10. The van der Waals surface area contributed by atoms with Gasteiger partial charge in [-0.25, -0.2) is 8.78 Å². The Bertz CT molecular complexity index is 709. The Morgan fingerprint density at radius 1 is 1.29 bits per heavy atom. The van der Waals surface area contributed by atoms with Crippen molar-refractivity contribution in [2.75, 3.05) is 17.2 Å². The van der Waals surface area contributed by atoms with Gasteiger partial charge in [0.25, 0.3) is 0 Å². The maximum Gasteiger partial charge on any atom is 0.237 e. The molecule has 0 aliphatic heterocycles. The molecule has 1 atom stereocenters. The number of thioether (sulfide) groups is 1. The second-order valence-corrected chi connectivity index (χ2v) is 8.09. The molecule has 2 rings (SSSR count). The lowest BCUT2D eigenvalue weighted by molar-refractivity contribution is -0.115. The SMILES string of the molecule is CC(C)CNc1nnc(S[C@@H](C)C(=O)Nc2ccc(F)cc2F)s1. The zero-order valence-electron chi connectivity index (χ0n) is 13.5. The number of benzene rings is 1. The molecule has 0 bridgehead atoms. The van der Waals surface area contributed by atoms with Crippen molar-refractivity contribution in [1.82, 2.24) is 10.2 Å². The van der Waals surface area contributed by atoms with Crippen molar-refractivity contribution in [2.24, 2.45) is 5.92 Å². The van der Waals surface area contributed by atoms with Gasteiger partial charge in [0.1, 0.15) is 11.6 Å². The van der Waals surface area contributed by atoms with Gasteiger partial charge in [0.2, 0.25) is 11.0 Å². The van der Waals surface area contributed by atoms with Gasteiger partial charge in [-0.1, -0.05) is 36.9 Å². The van der Waals surface area contributed by atoms with Crippen LogP contribution in [0.25, 0.3) is 0 Å². The normalized spacial score (nSPS) is 12.2. The number of nitrogens with one attached hydrogen (secondary N) is 2. The second kappa shape index (κ2) is 8.39.